The average molecular weight is 287 g/mol. The minimum Gasteiger partial charge on any atom is -0.472 e. The summed E-state index contributed by atoms with van der Waals surface area (Å²) in [6, 6.07) is 1.60. The standard InChI is InChI=1S/C11H17N3O4S/c1-12(2)19(16,17)14-6-4-13(5-7-14)11(15)10-3-8-18-9-10/h3,8-9H,4-7H2,1-2H3. The van der Waals surface area contributed by atoms with Crippen LogP contribution in [0.25, 0.3) is 0 Å². The van der Waals surface area contributed by atoms with Crippen molar-refractivity contribution in [3.05, 3.63) is 24.2 Å². The van der Waals surface area contributed by atoms with Gasteiger partial charge in [-0.3, -0.25) is 4.79 Å². The van der Waals surface area contributed by atoms with Gasteiger partial charge in [-0.25, -0.2) is 0 Å². The number of furan rings is 1. The van der Waals surface area contributed by atoms with Gasteiger partial charge in [0.05, 0.1) is 11.8 Å². The SMILES string of the molecule is CN(C)S(=O)(=O)N1CCN(C(=O)c2ccoc2)CC1. The van der Waals surface area contributed by atoms with Crippen molar-refractivity contribution in [3.63, 3.8) is 0 Å². The van der Waals surface area contributed by atoms with Crippen LogP contribution in [0, 0.1) is 0 Å². The Kier molecular flexibility index (Phi) is 3.93. The molecule has 1 aliphatic rings. The van der Waals surface area contributed by atoms with Crippen LogP contribution in [0.1, 0.15) is 10.4 Å². The van der Waals surface area contributed by atoms with E-state index in [9.17, 15) is 13.2 Å². The Hall–Kier alpha value is -1.38. The lowest BCUT2D eigenvalue weighted by Crippen LogP contribution is -2.53. The van der Waals surface area contributed by atoms with Crippen molar-refractivity contribution in [1.29, 1.82) is 0 Å². The maximum atomic E-state index is 12.0. The Morgan fingerprint density at radius 2 is 1.89 bits per heavy atom. The Morgan fingerprint density at radius 3 is 2.37 bits per heavy atom. The van der Waals surface area contributed by atoms with Gasteiger partial charge >= 0.3 is 0 Å². The Bertz CT molecular complexity index is 530. The van der Waals surface area contributed by atoms with Gasteiger partial charge in [-0.15, -0.1) is 0 Å². The lowest BCUT2D eigenvalue weighted by Gasteiger charge is -2.34. The van der Waals surface area contributed by atoms with Crippen LogP contribution in [0.3, 0.4) is 0 Å². The highest BCUT2D eigenvalue weighted by molar-refractivity contribution is 7.86. The molecule has 8 heteroatoms. The van der Waals surface area contributed by atoms with E-state index in [0.717, 1.165) is 0 Å². The van der Waals surface area contributed by atoms with E-state index in [0.29, 0.717) is 31.7 Å². The molecular formula is C11H17N3O4S. The summed E-state index contributed by atoms with van der Waals surface area (Å²) in [7, 11) is -0.396. The topological polar surface area (TPSA) is 74.1 Å². The van der Waals surface area contributed by atoms with Gasteiger partial charge < -0.3 is 9.32 Å². The van der Waals surface area contributed by atoms with Crippen molar-refractivity contribution < 1.29 is 17.6 Å². The zero-order valence-corrected chi connectivity index (χ0v) is 11.8. The second kappa shape index (κ2) is 5.32. The van der Waals surface area contributed by atoms with E-state index in [1.165, 1.54) is 35.2 Å². The van der Waals surface area contributed by atoms with Gasteiger partial charge in [-0.1, -0.05) is 0 Å². The molecule has 0 unspecified atom stereocenters. The highest BCUT2D eigenvalue weighted by atomic mass is 32.2. The van der Waals surface area contributed by atoms with Crippen molar-refractivity contribution in [2.75, 3.05) is 40.3 Å². The van der Waals surface area contributed by atoms with Crippen LogP contribution in [0.15, 0.2) is 23.0 Å². The number of carbonyl (C=O) groups excluding carboxylic acids is 1. The fraction of sp³-hybridized carbons (Fsp3) is 0.545. The Labute approximate surface area is 112 Å². The molecule has 1 amide bonds. The minimum atomic E-state index is -3.39. The van der Waals surface area contributed by atoms with Crippen LogP contribution in [0.5, 0.6) is 0 Å². The van der Waals surface area contributed by atoms with E-state index in [1.54, 1.807) is 11.0 Å². The van der Waals surface area contributed by atoms with Gasteiger partial charge in [-0.05, 0) is 6.07 Å². The minimum absolute atomic E-state index is 0.129. The maximum absolute atomic E-state index is 12.0. The summed E-state index contributed by atoms with van der Waals surface area (Å²) in [4.78, 5) is 13.7. The number of carbonyl (C=O) groups is 1. The quantitative estimate of drug-likeness (QED) is 0.774. The molecule has 0 atom stereocenters. The van der Waals surface area contributed by atoms with Crippen molar-refractivity contribution >= 4 is 16.1 Å². The molecule has 1 saturated heterocycles. The number of hydrogen-bond donors (Lipinski definition) is 0. The molecule has 1 aliphatic heterocycles. The fourth-order valence-electron chi connectivity index (χ4n) is 1.92. The largest absolute Gasteiger partial charge is 0.472 e. The first-order valence-corrected chi connectivity index (χ1v) is 7.31. The van der Waals surface area contributed by atoms with Crippen molar-refractivity contribution in [1.82, 2.24) is 13.5 Å². The highest BCUT2D eigenvalue weighted by Gasteiger charge is 2.30. The first kappa shape index (κ1) is 14.0. The molecular weight excluding hydrogens is 270 g/mol. The Morgan fingerprint density at radius 1 is 1.26 bits per heavy atom. The molecule has 0 aromatic carbocycles. The van der Waals surface area contributed by atoms with Crippen LogP contribution in [0.2, 0.25) is 0 Å². The predicted octanol–water partition coefficient (Wildman–Crippen LogP) is -0.156. The van der Waals surface area contributed by atoms with Gasteiger partial charge in [-0.2, -0.15) is 17.0 Å². The lowest BCUT2D eigenvalue weighted by molar-refractivity contribution is 0.0694. The van der Waals surface area contributed by atoms with E-state index in [4.69, 9.17) is 4.42 Å². The smallest absolute Gasteiger partial charge is 0.281 e. The first-order valence-electron chi connectivity index (χ1n) is 5.92. The van der Waals surface area contributed by atoms with E-state index in [1.807, 2.05) is 0 Å². The monoisotopic (exact) mass is 287 g/mol. The zero-order chi connectivity index (χ0) is 14.0. The average Bonchev–Trinajstić information content (AvgIpc) is 2.91. The third-order valence-electron chi connectivity index (χ3n) is 3.08. The summed E-state index contributed by atoms with van der Waals surface area (Å²) in [5.41, 5.74) is 0.490. The molecule has 0 bridgehead atoms. The van der Waals surface area contributed by atoms with Gasteiger partial charge in [0.2, 0.25) is 0 Å². The summed E-state index contributed by atoms with van der Waals surface area (Å²) in [6.45, 7) is 1.39. The van der Waals surface area contributed by atoms with Crippen LogP contribution in [-0.4, -0.2) is 68.1 Å². The number of rotatable bonds is 3. The number of hydrogen-bond acceptors (Lipinski definition) is 4. The summed E-state index contributed by atoms with van der Waals surface area (Å²) in [5.74, 6) is -0.129. The van der Waals surface area contributed by atoms with E-state index in [-0.39, 0.29) is 5.91 Å². The molecule has 2 rings (SSSR count). The van der Waals surface area contributed by atoms with Crippen LogP contribution < -0.4 is 0 Å². The molecule has 1 aromatic rings. The van der Waals surface area contributed by atoms with Crippen LogP contribution >= 0.6 is 0 Å². The third-order valence-corrected chi connectivity index (χ3v) is 5.02. The van der Waals surface area contributed by atoms with Gasteiger partial charge in [0, 0.05) is 40.3 Å². The zero-order valence-electron chi connectivity index (χ0n) is 10.9. The van der Waals surface area contributed by atoms with Gasteiger partial charge in [0.1, 0.15) is 6.26 Å². The van der Waals surface area contributed by atoms with Crippen LogP contribution in [-0.2, 0) is 10.2 Å². The third kappa shape index (κ3) is 2.80. The molecule has 1 aromatic heterocycles. The molecule has 0 N–H and O–H groups in total. The normalized spacial score (nSPS) is 17.9. The molecule has 7 nitrogen and oxygen atoms in total. The second-order valence-corrected chi connectivity index (χ2v) is 6.64. The molecule has 106 valence electrons. The fourth-order valence-corrected chi connectivity index (χ4v) is 3.01. The highest BCUT2D eigenvalue weighted by Crippen LogP contribution is 2.12. The van der Waals surface area contributed by atoms with E-state index >= 15 is 0 Å². The van der Waals surface area contributed by atoms with E-state index < -0.39 is 10.2 Å². The second-order valence-electron chi connectivity index (χ2n) is 4.49. The predicted molar refractivity (Wildman–Crippen MR) is 68.8 cm³/mol. The number of amides is 1. The van der Waals surface area contributed by atoms with E-state index in [2.05, 4.69) is 0 Å². The molecule has 1 fully saturated rings. The maximum Gasteiger partial charge on any atom is 0.281 e. The summed E-state index contributed by atoms with van der Waals surface area (Å²) < 4.78 is 31.3. The molecule has 2 heterocycles. The van der Waals surface area contributed by atoms with Crippen molar-refractivity contribution in [3.8, 4) is 0 Å². The summed E-state index contributed by atoms with van der Waals surface area (Å²) in [5, 5.41) is 0. The van der Waals surface area contributed by atoms with Gasteiger partial charge in [0.15, 0.2) is 0 Å². The number of piperazine rings is 1. The molecule has 19 heavy (non-hydrogen) atoms. The lowest BCUT2D eigenvalue weighted by atomic mass is 10.2. The number of nitrogens with zero attached hydrogens (tertiary/aromatic N) is 3. The molecule has 0 aliphatic carbocycles. The summed E-state index contributed by atoms with van der Waals surface area (Å²) in [6.07, 6.45) is 2.84. The first-order chi connectivity index (χ1) is 8.93. The molecule has 0 radical (unpaired) electrons. The Balaban J connectivity index is 1.98. The molecule has 0 saturated carbocycles. The van der Waals surface area contributed by atoms with Crippen molar-refractivity contribution in [2.24, 2.45) is 0 Å². The van der Waals surface area contributed by atoms with Gasteiger partial charge in [0.25, 0.3) is 16.1 Å². The van der Waals surface area contributed by atoms with Crippen LogP contribution in [0.4, 0.5) is 0 Å². The molecule has 0 spiro atoms. The van der Waals surface area contributed by atoms with Crippen molar-refractivity contribution in [2.45, 2.75) is 0 Å². The summed E-state index contributed by atoms with van der Waals surface area (Å²) >= 11 is 0.